The van der Waals surface area contributed by atoms with Crippen molar-refractivity contribution in [3.8, 4) is 0 Å². The lowest BCUT2D eigenvalue weighted by atomic mass is 10.2. The summed E-state index contributed by atoms with van der Waals surface area (Å²) in [5.41, 5.74) is 2.35. The molecule has 2 aromatic rings. The highest BCUT2D eigenvalue weighted by Crippen LogP contribution is 2.24. The second-order valence-electron chi connectivity index (χ2n) is 4.50. The minimum absolute atomic E-state index is 1.05. The van der Waals surface area contributed by atoms with E-state index < -0.39 is 0 Å². The highest BCUT2D eigenvalue weighted by Gasteiger charge is 2.02. The molecule has 0 saturated carbocycles. The maximum Gasteiger partial charge on any atom is 0.0479 e. The van der Waals surface area contributed by atoms with Gasteiger partial charge in [-0.3, -0.25) is 0 Å². The third kappa shape index (κ3) is 2.67. The monoisotopic (exact) mass is 244 g/mol. The molecular weight excluding hydrogens is 222 g/mol. The summed E-state index contributed by atoms with van der Waals surface area (Å²) in [6, 6.07) is 8.56. The van der Waals surface area contributed by atoms with Crippen LogP contribution in [0.25, 0.3) is 16.2 Å². The van der Waals surface area contributed by atoms with Gasteiger partial charge < -0.3 is 14.8 Å². The molecule has 0 aliphatic heterocycles. The molecule has 0 unspecified atom stereocenters. The van der Waals surface area contributed by atoms with Crippen LogP contribution in [0, 0.1) is 0 Å². The molecule has 0 atom stereocenters. The fourth-order valence-electron chi connectivity index (χ4n) is 2.31. The average Bonchev–Trinajstić information content (AvgIpc) is 2.82. The second kappa shape index (κ2) is 5.91. The summed E-state index contributed by atoms with van der Waals surface area (Å²) >= 11 is 0. The Labute approximate surface area is 109 Å². The van der Waals surface area contributed by atoms with E-state index >= 15 is 0 Å². The van der Waals surface area contributed by atoms with Crippen molar-refractivity contribution in [2.75, 3.05) is 26.7 Å². The standard InChI is InChI=1S/C15H22N3/c1-4-17(5-2)10-11-18-9-8-13-12-14(16-3)6-7-15(13)18/h6-9,12H,4-5,10-11H2,1-3H3/q-1. The van der Waals surface area contributed by atoms with E-state index in [2.05, 4.69) is 59.1 Å². The van der Waals surface area contributed by atoms with Crippen LogP contribution in [0.1, 0.15) is 13.8 Å². The Bertz CT molecular complexity index is 497. The number of aromatic nitrogens is 1. The first-order chi connectivity index (χ1) is 8.78. The molecule has 0 radical (unpaired) electrons. The molecule has 1 aromatic carbocycles. The Kier molecular flexibility index (Phi) is 4.26. The van der Waals surface area contributed by atoms with Crippen LogP contribution in [-0.2, 0) is 6.54 Å². The number of rotatable bonds is 6. The van der Waals surface area contributed by atoms with Gasteiger partial charge in [0.1, 0.15) is 0 Å². The van der Waals surface area contributed by atoms with Crippen LogP contribution < -0.4 is 0 Å². The summed E-state index contributed by atoms with van der Waals surface area (Å²) in [6.07, 6.45) is 2.17. The lowest BCUT2D eigenvalue weighted by molar-refractivity contribution is 0.292. The highest BCUT2D eigenvalue weighted by molar-refractivity contribution is 5.84. The van der Waals surface area contributed by atoms with E-state index in [1.54, 1.807) is 0 Å². The van der Waals surface area contributed by atoms with E-state index in [-0.39, 0.29) is 0 Å². The molecule has 0 aliphatic carbocycles. The van der Waals surface area contributed by atoms with Gasteiger partial charge in [-0.1, -0.05) is 26.0 Å². The van der Waals surface area contributed by atoms with Crippen LogP contribution >= 0.6 is 0 Å². The van der Waals surface area contributed by atoms with Gasteiger partial charge in [0, 0.05) is 24.8 Å². The third-order valence-corrected chi connectivity index (χ3v) is 3.56. The maximum atomic E-state index is 4.21. The molecule has 0 bridgehead atoms. The predicted molar refractivity (Wildman–Crippen MR) is 78.7 cm³/mol. The van der Waals surface area contributed by atoms with Gasteiger partial charge in [0.25, 0.3) is 0 Å². The average molecular weight is 244 g/mol. The summed E-state index contributed by atoms with van der Waals surface area (Å²) in [7, 11) is 1.83. The molecule has 0 spiro atoms. The number of likely N-dealkylation sites (N-methyl/N-ethyl adjacent to an activating group) is 1. The molecule has 98 valence electrons. The molecule has 3 heteroatoms. The molecule has 0 saturated heterocycles. The van der Waals surface area contributed by atoms with Gasteiger partial charge in [-0.05, 0) is 30.6 Å². The van der Waals surface area contributed by atoms with Gasteiger partial charge in [0.2, 0.25) is 0 Å². The van der Waals surface area contributed by atoms with Gasteiger partial charge in [0.15, 0.2) is 0 Å². The van der Waals surface area contributed by atoms with Crippen LogP contribution in [0.3, 0.4) is 0 Å². The van der Waals surface area contributed by atoms with Crippen molar-refractivity contribution in [1.29, 1.82) is 0 Å². The predicted octanol–water partition coefficient (Wildman–Crippen LogP) is 3.62. The van der Waals surface area contributed by atoms with E-state index in [1.807, 2.05) is 7.05 Å². The lowest BCUT2D eigenvalue weighted by Gasteiger charge is -2.19. The van der Waals surface area contributed by atoms with Crippen molar-refractivity contribution in [3.63, 3.8) is 0 Å². The fourth-order valence-corrected chi connectivity index (χ4v) is 2.31. The van der Waals surface area contributed by atoms with Crippen LogP contribution in [0.2, 0.25) is 0 Å². The molecule has 2 rings (SSSR count). The van der Waals surface area contributed by atoms with E-state index in [4.69, 9.17) is 0 Å². The Balaban J connectivity index is 2.14. The van der Waals surface area contributed by atoms with E-state index in [9.17, 15) is 0 Å². The summed E-state index contributed by atoms with van der Waals surface area (Å²) in [6.45, 7) is 8.83. The Morgan fingerprint density at radius 2 is 1.94 bits per heavy atom. The highest BCUT2D eigenvalue weighted by atomic mass is 15.1. The summed E-state index contributed by atoms with van der Waals surface area (Å²) in [4.78, 5) is 2.45. The first-order valence-corrected chi connectivity index (χ1v) is 6.69. The molecule has 0 N–H and O–H groups in total. The zero-order valence-electron chi connectivity index (χ0n) is 11.6. The van der Waals surface area contributed by atoms with Crippen molar-refractivity contribution < 1.29 is 0 Å². The normalized spacial score (nSPS) is 11.3. The number of benzene rings is 1. The lowest BCUT2D eigenvalue weighted by Crippen LogP contribution is -2.26. The molecule has 0 amide bonds. The Morgan fingerprint density at radius 1 is 1.17 bits per heavy atom. The van der Waals surface area contributed by atoms with E-state index in [0.717, 1.165) is 31.9 Å². The van der Waals surface area contributed by atoms with Gasteiger partial charge in [0.05, 0.1) is 0 Å². The molecule has 18 heavy (non-hydrogen) atoms. The number of fused-ring (bicyclic) bond motifs is 1. The SMILES string of the molecule is CCN(CC)CCn1ccc2cc([N-]C)ccc21. The zero-order valence-corrected chi connectivity index (χ0v) is 11.6. The van der Waals surface area contributed by atoms with Gasteiger partial charge in [-0.2, -0.15) is 0 Å². The van der Waals surface area contributed by atoms with Gasteiger partial charge in [-0.25, -0.2) is 0 Å². The second-order valence-corrected chi connectivity index (χ2v) is 4.50. The largest absolute Gasteiger partial charge is 0.687 e. The minimum Gasteiger partial charge on any atom is -0.687 e. The number of hydrogen-bond acceptors (Lipinski definition) is 1. The molecule has 0 aliphatic rings. The quantitative estimate of drug-likeness (QED) is 0.761. The summed E-state index contributed by atoms with van der Waals surface area (Å²) in [5, 5.41) is 5.49. The Morgan fingerprint density at radius 3 is 2.61 bits per heavy atom. The van der Waals surface area contributed by atoms with E-state index in [0.29, 0.717) is 0 Å². The smallest absolute Gasteiger partial charge is 0.0479 e. The first-order valence-electron chi connectivity index (χ1n) is 6.69. The van der Waals surface area contributed by atoms with Crippen LogP contribution in [0.15, 0.2) is 30.5 Å². The number of hydrogen-bond donors (Lipinski definition) is 0. The maximum absolute atomic E-state index is 4.21. The van der Waals surface area contributed by atoms with Crippen molar-refractivity contribution in [3.05, 3.63) is 35.8 Å². The van der Waals surface area contributed by atoms with Crippen molar-refractivity contribution in [1.82, 2.24) is 9.47 Å². The zero-order chi connectivity index (χ0) is 13.0. The molecule has 0 fully saturated rings. The van der Waals surface area contributed by atoms with Crippen LogP contribution in [-0.4, -0.2) is 36.1 Å². The minimum atomic E-state index is 1.05. The molecular formula is C15H22N3-. The topological polar surface area (TPSA) is 22.3 Å². The van der Waals surface area contributed by atoms with Crippen LogP contribution in [0.4, 0.5) is 5.69 Å². The van der Waals surface area contributed by atoms with Gasteiger partial charge in [-0.15, -0.1) is 12.7 Å². The third-order valence-electron chi connectivity index (χ3n) is 3.56. The molecule has 1 heterocycles. The van der Waals surface area contributed by atoms with Crippen LogP contribution in [0.5, 0.6) is 0 Å². The van der Waals surface area contributed by atoms with Crippen molar-refractivity contribution >= 4 is 16.6 Å². The summed E-state index contributed by atoms with van der Waals surface area (Å²) < 4.78 is 2.33. The van der Waals surface area contributed by atoms with Gasteiger partial charge >= 0.3 is 0 Å². The first kappa shape index (κ1) is 13.0. The van der Waals surface area contributed by atoms with Crippen molar-refractivity contribution in [2.24, 2.45) is 0 Å². The number of nitrogens with zero attached hydrogens (tertiary/aromatic N) is 3. The molecule has 1 aromatic heterocycles. The van der Waals surface area contributed by atoms with E-state index in [1.165, 1.54) is 10.9 Å². The summed E-state index contributed by atoms with van der Waals surface area (Å²) in [5.74, 6) is 0. The Hall–Kier alpha value is -1.48. The van der Waals surface area contributed by atoms with Crippen molar-refractivity contribution in [2.45, 2.75) is 20.4 Å². The fraction of sp³-hybridized carbons (Fsp3) is 0.467. The molecule has 3 nitrogen and oxygen atoms in total.